The molecular formula is C16H21ClN2O2. The summed E-state index contributed by atoms with van der Waals surface area (Å²) in [4.78, 5) is 24.7. The molecule has 1 fully saturated rings. The zero-order chi connectivity index (χ0) is 15.6. The van der Waals surface area contributed by atoms with Crippen LogP contribution in [0.1, 0.15) is 38.7 Å². The van der Waals surface area contributed by atoms with Crippen LogP contribution < -0.4 is 10.6 Å². The number of nitrogens with one attached hydrogen (secondary N) is 2. The van der Waals surface area contributed by atoms with Gasteiger partial charge in [-0.2, -0.15) is 0 Å². The Kier molecular flexibility index (Phi) is 4.57. The van der Waals surface area contributed by atoms with E-state index in [2.05, 4.69) is 10.6 Å². The molecule has 2 rings (SSSR count). The van der Waals surface area contributed by atoms with Crippen LogP contribution in [0.5, 0.6) is 0 Å². The summed E-state index contributed by atoms with van der Waals surface area (Å²) in [5, 5.41) is 6.34. The molecule has 0 saturated heterocycles. The maximum Gasteiger partial charge on any atom is 0.240 e. The minimum atomic E-state index is -0.905. The largest absolute Gasteiger partial charge is 0.353 e. The van der Waals surface area contributed by atoms with Crippen molar-refractivity contribution >= 4 is 29.1 Å². The van der Waals surface area contributed by atoms with Crippen LogP contribution in [0, 0.1) is 12.3 Å². The molecule has 1 aromatic rings. The summed E-state index contributed by atoms with van der Waals surface area (Å²) in [7, 11) is 0. The predicted octanol–water partition coefficient (Wildman–Crippen LogP) is 3.28. The first-order valence-corrected chi connectivity index (χ1v) is 7.66. The van der Waals surface area contributed by atoms with Gasteiger partial charge in [0.1, 0.15) is 5.41 Å². The zero-order valence-corrected chi connectivity index (χ0v) is 13.4. The molecule has 0 heterocycles. The second kappa shape index (κ2) is 6.06. The lowest BCUT2D eigenvalue weighted by molar-refractivity contribution is -0.134. The average Bonchev–Trinajstić information content (AvgIpc) is 3.25. The molecule has 5 heteroatoms. The van der Waals surface area contributed by atoms with Gasteiger partial charge in [0.05, 0.1) is 0 Å². The summed E-state index contributed by atoms with van der Waals surface area (Å²) in [6.07, 6.45) is 2.04. The van der Waals surface area contributed by atoms with Gasteiger partial charge in [-0.3, -0.25) is 9.59 Å². The molecule has 1 aliphatic rings. The first kappa shape index (κ1) is 15.8. The SMILES string of the molecule is CCC(C)NC(=O)C1(C(=O)Nc2cccc(Cl)c2C)CC1. The second-order valence-electron chi connectivity index (χ2n) is 5.73. The highest BCUT2D eigenvalue weighted by atomic mass is 35.5. The second-order valence-corrected chi connectivity index (χ2v) is 6.14. The van der Waals surface area contributed by atoms with E-state index in [1.54, 1.807) is 18.2 Å². The van der Waals surface area contributed by atoms with Gasteiger partial charge in [-0.1, -0.05) is 24.6 Å². The fraction of sp³-hybridized carbons (Fsp3) is 0.500. The lowest BCUT2D eigenvalue weighted by Crippen LogP contribution is -2.43. The van der Waals surface area contributed by atoms with E-state index >= 15 is 0 Å². The Morgan fingerprint density at radius 2 is 2.00 bits per heavy atom. The Morgan fingerprint density at radius 1 is 1.33 bits per heavy atom. The molecule has 0 spiro atoms. The van der Waals surface area contributed by atoms with Gasteiger partial charge in [-0.05, 0) is 50.8 Å². The normalized spacial score (nSPS) is 17.0. The van der Waals surface area contributed by atoms with Gasteiger partial charge in [0, 0.05) is 16.8 Å². The van der Waals surface area contributed by atoms with Crippen molar-refractivity contribution in [2.24, 2.45) is 5.41 Å². The van der Waals surface area contributed by atoms with Crippen molar-refractivity contribution in [1.82, 2.24) is 5.32 Å². The topological polar surface area (TPSA) is 58.2 Å². The molecule has 1 aliphatic carbocycles. The molecule has 2 N–H and O–H groups in total. The van der Waals surface area contributed by atoms with Gasteiger partial charge in [0.15, 0.2) is 0 Å². The molecule has 1 saturated carbocycles. The van der Waals surface area contributed by atoms with Gasteiger partial charge in [0.2, 0.25) is 11.8 Å². The van der Waals surface area contributed by atoms with Gasteiger partial charge in [-0.15, -0.1) is 0 Å². The average molecular weight is 309 g/mol. The predicted molar refractivity (Wildman–Crippen MR) is 84.4 cm³/mol. The van der Waals surface area contributed by atoms with Crippen LogP contribution >= 0.6 is 11.6 Å². The fourth-order valence-corrected chi connectivity index (χ4v) is 2.31. The van der Waals surface area contributed by atoms with Gasteiger partial charge >= 0.3 is 0 Å². The summed E-state index contributed by atoms with van der Waals surface area (Å²) < 4.78 is 0. The molecule has 4 nitrogen and oxygen atoms in total. The maximum absolute atomic E-state index is 12.5. The Bertz CT molecular complexity index is 567. The maximum atomic E-state index is 12.5. The van der Waals surface area contributed by atoms with Crippen molar-refractivity contribution in [1.29, 1.82) is 0 Å². The highest BCUT2D eigenvalue weighted by Gasteiger charge is 2.56. The lowest BCUT2D eigenvalue weighted by Gasteiger charge is -2.19. The fourth-order valence-electron chi connectivity index (χ4n) is 2.13. The number of hydrogen-bond donors (Lipinski definition) is 2. The Hall–Kier alpha value is -1.55. The third-order valence-corrected chi connectivity index (χ3v) is 4.53. The van der Waals surface area contributed by atoms with E-state index in [1.165, 1.54) is 0 Å². The van der Waals surface area contributed by atoms with Crippen molar-refractivity contribution in [2.45, 2.75) is 46.1 Å². The van der Waals surface area contributed by atoms with Crippen LogP contribution in [-0.4, -0.2) is 17.9 Å². The number of rotatable bonds is 5. The number of benzene rings is 1. The quantitative estimate of drug-likeness (QED) is 0.820. The monoisotopic (exact) mass is 308 g/mol. The Labute approximate surface area is 130 Å². The molecular weight excluding hydrogens is 288 g/mol. The molecule has 1 unspecified atom stereocenters. The lowest BCUT2D eigenvalue weighted by atomic mass is 10.0. The Morgan fingerprint density at radius 3 is 2.57 bits per heavy atom. The first-order chi connectivity index (χ1) is 9.90. The van der Waals surface area contributed by atoms with Crippen molar-refractivity contribution in [3.8, 4) is 0 Å². The van der Waals surface area contributed by atoms with Gasteiger partial charge in [0.25, 0.3) is 0 Å². The number of hydrogen-bond acceptors (Lipinski definition) is 2. The van der Waals surface area contributed by atoms with Crippen LogP contribution in [-0.2, 0) is 9.59 Å². The van der Waals surface area contributed by atoms with Gasteiger partial charge in [-0.25, -0.2) is 0 Å². The molecule has 1 atom stereocenters. The van der Waals surface area contributed by atoms with Gasteiger partial charge < -0.3 is 10.6 Å². The summed E-state index contributed by atoms with van der Waals surface area (Å²) in [6, 6.07) is 5.43. The summed E-state index contributed by atoms with van der Waals surface area (Å²) in [5.74, 6) is -0.414. The van der Waals surface area contributed by atoms with Crippen LogP contribution in [0.25, 0.3) is 0 Å². The number of carbonyl (C=O) groups is 2. The third kappa shape index (κ3) is 3.21. The van der Waals surface area contributed by atoms with E-state index in [0.717, 1.165) is 12.0 Å². The highest BCUT2D eigenvalue weighted by molar-refractivity contribution is 6.31. The molecule has 0 aliphatic heterocycles. The van der Waals surface area contributed by atoms with Crippen molar-refractivity contribution in [3.63, 3.8) is 0 Å². The van der Waals surface area contributed by atoms with Crippen LogP contribution in [0.2, 0.25) is 5.02 Å². The third-order valence-electron chi connectivity index (χ3n) is 4.13. The van der Waals surface area contributed by atoms with E-state index in [4.69, 9.17) is 11.6 Å². The summed E-state index contributed by atoms with van der Waals surface area (Å²) >= 11 is 6.05. The standard InChI is InChI=1S/C16H21ClN2O2/c1-4-10(2)18-14(20)16(8-9-16)15(21)19-13-7-5-6-12(17)11(13)3/h5-7,10H,4,8-9H2,1-3H3,(H,18,20)(H,19,21). The number of carbonyl (C=O) groups excluding carboxylic acids is 2. The minimum absolute atomic E-state index is 0.0793. The van der Waals surface area contributed by atoms with Crippen LogP contribution in [0.4, 0.5) is 5.69 Å². The zero-order valence-electron chi connectivity index (χ0n) is 12.6. The molecule has 0 aromatic heterocycles. The number of halogens is 1. The summed E-state index contributed by atoms with van der Waals surface area (Å²) in [6.45, 7) is 5.78. The van der Waals surface area contributed by atoms with Crippen molar-refractivity contribution in [2.75, 3.05) is 5.32 Å². The smallest absolute Gasteiger partial charge is 0.240 e. The van der Waals surface area contributed by atoms with Crippen LogP contribution in [0.15, 0.2) is 18.2 Å². The summed E-state index contributed by atoms with van der Waals surface area (Å²) in [5.41, 5.74) is 0.568. The molecule has 1 aromatic carbocycles. The highest BCUT2D eigenvalue weighted by Crippen LogP contribution is 2.47. The first-order valence-electron chi connectivity index (χ1n) is 7.28. The van der Waals surface area contributed by atoms with E-state index < -0.39 is 5.41 Å². The molecule has 0 bridgehead atoms. The van der Waals surface area contributed by atoms with Crippen molar-refractivity contribution in [3.05, 3.63) is 28.8 Å². The van der Waals surface area contributed by atoms with Crippen LogP contribution in [0.3, 0.4) is 0 Å². The minimum Gasteiger partial charge on any atom is -0.353 e. The van der Waals surface area contributed by atoms with E-state index in [9.17, 15) is 9.59 Å². The molecule has 0 radical (unpaired) electrons. The number of amides is 2. The van der Waals surface area contributed by atoms with E-state index in [1.807, 2.05) is 20.8 Å². The van der Waals surface area contributed by atoms with E-state index in [0.29, 0.717) is 23.6 Å². The van der Waals surface area contributed by atoms with E-state index in [-0.39, 0.29) is 17.9 Å². The van der Waals surface area contributed by atoms with Crippen molar-refractivity contribution < 1.29 is 9.59 Å². The molecule has 21 heavy (non-hydrogen) atoms. The number of anilines is 1. The molecule has 2 amide bonds. The Balaban J connectivity index is 2.09. The molecule has 114 valence electrons.